The average molecular weight is 314 g/mol. The van der Waals surface area contributed by atoms with Crippen LogP contribution in [0.2, 0.25) is 0 Å². The van der Waals surface area contributed by atoms with Crippen molar-refractivity contribution in [2.24, 2.45) is 0 Å². The SMILES string of the molecule is Cc1cccc(F)c1NC(=O)c1ccc(Br)s1. The van der Waals surface area contributed by atoms with Gasteiger partial charge in [-0.15, -0.1) is 11.3 Å². The van der Waals surface area contributed by atoms with E-state index in [9.17, 15) is 9.18 Å². The normalized spacial score (nSPS) is 10.3. The number of benzene rings is 1. The molecule has 0 aliphatic carbocycles. The summed E-state index contributed by atoms with van der Waals surface area (Å²) in [7, 11) is 0. The molecule has 0 unspecified atom stereocenters. The Morgan fingerprint density at radius 1 is 1.35 bits per heavy atom. The molecule has 0 aliphatic rings. The van der Waals surface area contributed by atoms with Crippen molar-refractivity contribution >= 4 is 38.9 Å². The molecule has 1 heterocycles. The summed E-state index contributed by atoms with van der Waals surface area (Å²) in [5.41, 5.74) is 0.941. The highest BCUT2D eigenvalue weighted by Crippen LogP contribution is 2.24. The Balaban J connectivity index is 2.24. The quantitative estimate of drug-likeness (QED) is 0.884. The number of carbonyl (C=O) groups excluding carboxylic acids is 1. The summed E-state index contributed by atoms with van der Waals surface area (Å²) >= 11 is 4.59. The maximum absolute atomic E-state index is 13.5. The molecule has 0 bridgehead atoms. The smallest absolute Gasteiger partial charge is 0.265 e. The molecule has 1 aromatic heterocycles. The Labute approximate surface area is 111 Å². The van der Waals surface area contributed by atoms with Crippen LogP contribution in [0.5, 0.6) is 0 Å². The minimum absolute atomic E-state index is 0.238. The number of aryl methyl sites for hydroxylation is 1. The maximum atomic E-state index is 13.5. The highest BCUT2D eigenvalue weighted by Gasteiger charge is 2.12. The van der Waals surface area contributed by atoms with E-state index in [1.807, 2.05) is 0 Å². The van der Waals surface area contributed by atoms with Gasteiger partial charge in [-0.2, -0.15) is 0 Å². The van der Waals surface area contributed by atoms with Crippen molar-refractivity contribution in [1.29, 1.82) is 0 Å². The van der Waals surface area contributed by atoms with Crippen LogP contribution in [0.3, 0.4) is 0 Å². The molecule has 1 N–H and O–H groups in total. The van der Waals surface area contributed by atoms with Gasteiger partial charge in [0.05, 0.1) is 14.4 Å². The largest absolute Gasteiger partial charge is 0.319 e. The van der Waals surface area contributed by atoms with Crippen LogP contribution in [0.15, 0.2) is 34.1 Å². The molecule has 88 valence electrons. The summed E-state index contributed by atoms with van der Waals surface area (Å²) in [5, 5.41) is 2.58. The number of para-hydroxylation sites is 1. The zero-order valence-corrected chi connectivity index (χ0v) is 11.4. The number of hydrogen-bond acceptors (Lipinski definition) is 2. The van der Waals surface area contributed by atoms with E-state index in [-0.39, 0.29) is 11.6 Å². The van der Waals surface area contributed by atoms with Crippen LogP contribution in [-0.2, 0) is 0 Å². The number of amides is 1. The molecule has 0 fully saturated rings. The third-order valence-corrected chi connectivity index (χ3v) is 3.88. The second kappa shape index (κ2) is 4.98. The molecular weight excluding hydrogens is 305 g/mol. The molecule has 2 nitrogen and oxygen atoms in total. The predicted molar refractivity (Wildman–Crippen MR) is 71.1 cm³/mol. The second-order valence-corrected chi connectivity index (χ2v) is 5.95. The van der Waals surface area contributed by atoms with E-state index in [1.165, 1.54) is 17.4 Å². The number of halogens is 2. The fraction of sp³-hybridized carbons (Fsp3) is 0.0833. The van der Waals surface area contributed by atoms with Crippen LogP contribution in [0.1, 0.15) is 15.2 Å². The van der Waals surface area contributed by atoms with E-state index in [2.05, 4.69) is 21.2 Å². The maximum Gasteiger partial charge on any atom is 0.265 e. The Morgan fingerprint density at radius 2 is 2.12 bits per heavy atom. The zero-order chi connectivity index (χ0) is 12.4. The fourth-order valence-corrected chi connectivity index (χ4v) is 2.68. The van der Waals surface area contributed by atoms with Gasteiger partial charge in [0.15, 0.2) is 0 Å². The lowest BCUT2D eigenvalue weighted by Crippen LogP contribution is -2.12. The molecule has 1 amide bonds. The third kappa shape index (κ3) is 2.73. The molecule has 0 aliphatic heterocycles. The lowest BCUT2D eigenvalue weighted by molar-refractivity contribution is 0.103. The molecule has 0 saturated heterocycles. The van der Waals surface area contributed by atoms with Crippen LogP contribution in [0, 0.1) is 12.7 Å². The van der Waals surface area contributed by atoms with E-state index < -0.39 is 5.82 Å². The molecule has 17 heavy (non-hydrogen) atoms. The Bertz CT molecular complexity index is 547. The van der Waals surface area contributed by atoms with E-state index >= 15 is 0 Å². The molecule has 0 radical (unpaired) electrons. The number of thiophene rings is 1. The molecule has 2 rings (SSSR count). The summed E-state index contributed by atoms with van der Waals surface area (Å²) in [4.78, 5) is 12.4. The molecule has 1 aromatic carbocycles. The molecular formula is C12H9BrFNOS. The van der Waals surface area contributed by atoms with Crippen molar-refractivity contribution in [2.75, 3.05) is 5.32 Å². The number of carbonyl (C=O) groups is 1. The van der Waals surface area contributed by atoms with Crippen molar-refractivity contribution in [3.8, 4) is 0 Å². The monoisotopic (exact) mass is 313 g/mol. The summed E-state index contributed by atoms with van der Waals surface area (Å²) in [5.74, 6) is -0.720. The highest BCUT2D eigenvalue weighted by molar-refractivity contribution is 9.11. The van der Waals surface area contributed by atoms with E-state index in [0.717, 1.165) is 3.79 Å². The number of nitrogens with one attached hydrogen (secondary N) is 1. The number of hydrogen-bond donors (Lipinski definition) is 1. The van der Waals surface area contributed by atoms with Gasteiger partial charge in [0, 0.05) is 0 Å². The molecule has 5 heteroatoms. The summed E-state index contributed by atoms with van der Waals surface area (Å²) in [6.45, 7) is 1.75. The van der Waals surface area contributed by atoms with Crippen LogP contribution in [0.4, 0.5) is 10.1 Å². The minimum atomic E-state index is -0.422. The second-order valence-electron chi connectivity index (χ2n) is 3.49. The number of rotatable bonds is 2. The van der Waals surface area contributed by atoms with Gasteiger partial charge in [-0.25, -0.2) is 4.39 Å². The van der Waals surface area contributed by atoms with Crippen molar-refractivity contribution in [3.63, 3.8) is 0 Å². The predicted octanol–water partition coefficient (Wildman–Crippen LogP) is 4.21. The lowest BCUT2D eigenvalue weighted by Gasteiger charge is -2.07. The van der Waals surface area contributed by atoms with Gasteiger partial charge in [-0.3, -0.25) is 4.79 Å². The van der Waals surface area contributed by atoms with Crippen molar-refractivity contribution < 1.29 is 9.18 Å². The van der Waals surface area contributed by atoms with Crippen LogP contribution in [0.25, 0.3) is 0 Å². The van der Waals surface area contributed by atoms with E-state index in [0.29, 0.717) is 10.4 Å². The van der Waals surface area contributed by atoms with Crippen LogP contribution < -0.4 is 5.32 Å². The Kier molecular flexibility index (Phi) is 3.59. The zero-order valence-electron chi connectivity index (χ0n) is 8.96. The molecule has 0 atom stereocenters. The first-order chi connectivity index (χ1) is 8.08. The molecule has 0 saturated carbocycles. The van der Waals surface area contributed by atoms with Crippen LogP contribution in [-0.4, -0.2) is 5.91 Å². The molecule has 0 spiro atoms. The minimum Gasteiger partial charge on any atom is -0.319 e. The van der Waals surface area contributed by atoms with Gasteiger partial charge in [-0.05, 0) is 46.6 Å². The highest BCUT2D eigenvalue weighted by atomic mass is 79.9. The standard InChI is InChI=1S/C12H9BrFNOS/c1-7-3-2-4-8(14)11(7)15-12(16)9-5-6-10(13)17-9/h2-6H,1H3,(H,15,16). The molecule has 2 aromatic rings. The van der Waals surface area contributed by atoms with Crippen LogP contribution >= 0.6 is 27.3 Å². The Morgan fingerprint density at radius 3 is 2.71 bits per heavy atom. The first-order valence-electron chi connectivity index (χ1n) is 4.90. The topological polar surface area (TPSA) is 29.1 Å². The van der Waals surface area contributed by atoms with Gasteiger partial charge in [0.1, 0.15) is 5.82 Å². The fourth-order valence-electron chi connectivity index (χ4n) is 1.40. The van der Waals surface area contributed by atoms with Crippen molar-refractivity contribution in [2.45, 2.75) is 6.92 Å². The third-order valence-electron chi connectivity index (χ3n) is 2.26. The first-order valence-corrected chi connectivity index (χ1v) is 6.50. The van der Waals surface area contributed by atoms with Gasteiger partial charge < -0.3 is 5.32 Å². The van der Waals surface area contributed by atoms with E-state index in [4.69, 9.17) is 0 Å². The van der Waals surface area contributed by atoms with Crippen molar-refractivity contribution in [1.82, 2.24) is 0 Å². The average Bonchev–Trinajstić information content (AvgIpc) is 2.70. The van der Waals surface area contributed by atoms with Gasteiger partial charge >= 0.3 is 0 Å². The summed E-state index contributed by atoms with van der Waals surface area (Å²) in [6, 6.07) is 8.17. The van der Waals surface area contributed by atoms with Crippen molar-refractivity contribution in [3.05, 3.63) is 50.4 Å². The van der Waals surface area contributed by atoms with E-state index in [1.54, 1.807) is 31.2 Å². The van der Waals surface area contributed by atoms with Gasteiger partial charge in [0.25, 0.3) is 5.91 Å². The summed E-state index contributed by atoms with van der Waals surface area (Å²) < 4.78 is 14.4. The van der Waals surface area contributed by atoms with Gasteiger partial charge in [-0.1, -0.05) is 12.1 Å². The first kappa shape index (κ1) is 12.3. The van der Waals surface area contributed by atoms with Gasteiger partial charge in [0.2, 0.25) is 0 Å². The lowest BCUT2D eigenvalue weighted by atomic mass is 10.2. The Hall–Kier alpha value is -1.20. The summed E-state index contributed by atoms with van der Waals surface area (Å²) in [6.07, 6.45) is 0. The number of anilines is 1.